The van der Waals surface area contributed by atoms with Crippen molar-refractivity contribution in [2.24, 2.45) is 0 Å². The molecule has 0 aromatic carbocycles. The van der Waals surface area contributed by atoms with E-state index in [2.05, 4.69) is 43.0 Å². The first-order valence-corrected chi connectivity index (χ1v) is 6.59. The molecule has 0 saturated carbocycles. The number of halogens is 1. The Morgan fingerprint density at radius 1 is 1.65 bits per heavy atom. The minimum Gasteiger partial charge on any atom is -0.342 e. The third kappa shape index (κ3) is 2.89. The number of aromatic nitrogens is 4. The van der Waals surface area contributed by atoms with Crippen molar-refractivity contribution in [3.05, 3.63) is 22.4 Å². The maximum atomic E-state index is 12.0. The van der Waals surface area contributed by atoms with Crippen molar-refractivity contribution in [1.29, 1.82) is 0 Å². The second-order valence-corrected chi connectivity index (χ2v) is 5.01. The summed E-state index contributed by atoms with van der Waals surface area (Å²) in [4.78, 5) is 12.0. The van der Waals surface area contributed by atoms with Gasteiger partial charge in [0.05, 0.1) is 0 Å². The zero-order valence-electron chi connectivity index (χ0n) is 9.05. The van der Waals surface area contributed by atoms with Crippen molar-refractivity contribution in [2.75, 3.05) is 5.32 Å². The van der Waals surface area contributed by atoms with E-state index in [1.165, 1.54) is 0 Å². The summed E-state index contributed by atoms with van der Waals surface area (Å²) in [6.45, 7) is 2.85. The van der Waals surface area contributed by atoms with Gasteiger partial charge in [-0.25, -0.2) is 0 Å². The molecule has 8 heteroatoms. The van der Waals surface area contributed by atoms with Gasteiger partial charge in [0.25, 0.3) is 5.91 Å². The van der Waals surface area contributed by atoms with Gasteiger partial charge < -0.3 is 4.57 Å². The molecule has 2 aromatic heterocycles. The number of amides is 1. The fraction of sp³-hybridized carbons (Fsp3) is 0.333. The summed E-state index contributed by atoms with van der Waals surface area (Å²) in [5, 5.41) is 10.1. The van der Waals surface area contributed by atoms with Crippen LogP contribution in [-0.2, 0) is 6.54 Å². The van der Waals surface area contributed by atoms with Crippen LogP contribution in [0.4, 0.5) is 5.13 Å². The third-order valence-electron chi connectivity index (χ3n) is 2.08. The second-order valence-electron chi connectivity index (χ2n) is 3.36. The minimum absolute atomic E-state index is 0.206. The van der Waals surface area contributed by atoms with Crippen molar-refractivity contribution in [3.8, 4) is 0 Å². The maximum Gasteiger partial charge on any atom is 0.274 e. The van der Waals surface area contributed by atoms with Crippen molar-refractivity contribution in [2.45, 2.75) is 19.9 Å². The number of nitrogens with one attached hydrogen (secondary N) is 1. The number of hydrogen-bond acceptors (Lipinski definition) is 5. The molecule has 17 heavy (non-hydrogen) atoms. The largest absolute Gasteiger partial charge is 0.342 e. The molecule has 1 N–H and O–H groups in total. The van der Waals surface area contributed by atoms with E-state index in [1.807, 2.05) is 10.8 Å². The van der Waals surface area contributed by atoms with Gasteiger partial charge in [-0.15, -0.1) is 0 Å². The van der Waals surface area contributed by atoms with Crippen LogP contribution in [0.3, 0.4) is 0 Å². The predicted octanol–water partition coefficient (Wildman–Crippen LogP) is 2.16. The number of nitrogens with zero attached hydrogens (tertiary/aromatic N) is 4. The van der Waals surface area contributed by atoms with Crippen molar-refractivity contribution >= 4 is 38.5 Å². The molecule has 2 rings (SSSR count). The number of carbonyl (C=O) groups excluding carboxylic acids is 1. The zero-order chi connectivity index (χ0) is 12.3. The average molecular weight is 316 g/mol. The first kappa shape index (κ1) is 12.2. The van der Waals surface area contributed by atoms with Crippen molar-refractivity contribution < 1.29 is 4.79 Å². The normalized spacial score (nSPS) is 10.5. The summed E-state index contributed by atoms with van der Waals surface area (Å²) < 4.78 is 6.36. The van der Waals surface area contributed by atoms with E-state index in [1.54, 1.807) is 6.07 Å². The highest BCUT2D eigenvalue weighted by Gasteiger charge is 2.14. The number of hydrogen-bond donors (Lipinski definition) is 1. The van der Waals surface area contributed by atoms with Gasteiger partial charge in [0.1, 0.15) is 5.69 Å². The quantitative estimate of drug-likeness (QED) is 0.938. The Labute approximate surface area is 110 Å². The predicted molar refractivity (Wildman–Crippen MR) is 68.1 cm³/mol. The summed E-state index contributed by atoms with van der Waals surface area (Å²) in [5.74, 6) is -0.206. The first-order chi connectivity index (χ1) is 8.20. The Morgan fingerprint density at radius 3 is 3.12 bits per heavy atom. The highest BCUT2D eigenvalue weighted by molar-refractivity contribution is 9.10. The monoisotopic (exact) mass is 315 g/mol. The molecule has 0 aliphatic heterocycles. The van der Waals surface area contributed by atoms with E-state index in [9.17, 15) is 4.79 Å². The molecule has 90 valence electrons. The Morgan fingerprint density at radius 2 is 2.47 bits per heavy atom. The molecule has 0 unspecified atom stereocenters. The lowest BCUT2D eigenvalue weighted by atomic mass is 10.4. The molecule has 2 heterocycles. The molecule has 0 fully saturated rings. The Balaban J connectivity index is 2.18. The molecule has 0 aliphatic carbocycles. The van der Waals surface area contributed by atoms with Crippen molar-refractivity contribution in [3.63, 3.8) is 0 Å². The van der Waals surface area contributed by atoms with E-state index in [4.69, 9.17) is 0 Å². The molecule has 0 atom stereocenters. The number of anilines is 1. The smallest absolute Gasteiger partial charge is 0.274 e. The summed E-state index contributed by atoms with van der Waals surface area (Å²) in [5.41, 5.74) is 0.592. The lowest BCUT2D eigenvalue weighted by Gasteiger charge is -2.06. The molecule has 6 nitrogen and oxygen atoms in total. The van der Waals surface area contributed by atoms with Gasteiger partial charge in [0.2, 0.25) is 5.13 Å². The maximum absolute atomic E-state index is 12.0. The lowest BCUT2D eigenvalue weighted by molar-refractivity contribution is 0.101. The number of aryl methyl sites for hydroxylation is 1. The summed E-state index contributed by atoms with van der Waals surface area (Å²) in [6.07, 6.45) is 2.85. The van der Waals surface area contributed by atoms with E-state index < -0.39 is 0 Å². The van der Waals surface area contributed by atoms with Gasteiger partial charge in [-0.05, 0) is 33.6 Å². The lowest BCUT2D eigenvalue weighted by Crippen LogP contribution is -2.16. The van der Waals surface area contributed by atoms with Crippen LogP contribution in [0.1, 0.15) is 23.8 Å². The Kier molecular flexibility index (Phi) is 3.85. The Hall–Kier alpha value is -1.28. The van der Waals surface area contributed by atoms with Gasteiger partial charge in [0.15, 0.2) is 0 Å². The van der Waals surface area contributed by atoms with Crippen LogP contribution in [0.25, 0.3) is 0 Å². The fourth-order valence-electron chi connectivity index (χ4n) is 1.43. The molecule has 0 radical (unpaired) electrons. The fourth-order valence-corrected chi connectivity index (χ4v) is 2.26. The molecule has 2 aromatic rings. The van der Waals surface area contributed by atoms with Crippen LogP contribution in [0.2, 0.25) is 0 Å². The molecular weight excluding hydrogens is 306 g/mol. The van der Waals surface area contributed by atoms with Crippen LogP contribution in [0.5, 0.6) is 0 Å². The van der Waals surface area contributed by atoms with Crippen LogP contribution < -0.4 is 5.32 Å². The van der Waals surface area contributed by atoms with E-state index in [-0.39, 0.29) is 5.91 Å². The van der Waals surface area contributed by atoms with Crippen LogP contribution in [0, 0.1) is 0 Å². The molecule has 0 bridgehead atoms. The van der Waals surface area contributed by atoms with Crippen molar-refractivity contribution in [1.82, 2.24) is 19.4 Å². The zero-order valence-corrected chi connectivity index (χ0v) is 11.5. The van der Waals surface area contributed by atoms with E-state index >= 15 is 0 Å². The summed E-state index contributed by atoms with van der Waals surface area (Å²) in [7, 11) is 0. The van der Waals surface area contributed by atoms with Gasteiger partial charge in [-0.1, -0.05) is 16.5 Å². The molecule has 0 spiro atoms. The number of carbonyl (C=O) groups is 1. The van der Waals surface area contributed by atoms with E-state index in [0.717, 1.165) is 29.0 Å². The first-order valence-electron chi connectivity index (χ1n) is 5.02. The van der Waals surface area contributed by atoms with Crippen LogP contribution in [-0.4, -0.2) is 25.3 Å². The van der Waals surface area contributed by atoms with Gasteiger partial charge in [-0.2, -0.15) is 0 Å². The van der Waals surface area contributed by atoms with Crippen LogP contribution >= 0.6 is 27.5 Å². The van der Waals surface area contributed by atoms with Gasteiger partial charge in [-0.3, -0.25) is 10.1 Å². The molecule has 0 aliphatic rings. The van der Waals surface area contributed by atoms with Crippen LogP contribution in [0.15, 0.2) is 16.7 Å². The standard InChI is InChI=1S/C9H10BrN5OS/c1-2-3-15-5-6(10)4-7(15)8(16)11-9-12-13-14-17-9/h4-5H,2-3H2,1H3,(H,11,12,14,16). The summed E-state index contributed by atoms with van der Waals surface area (Å²) >= 11 is 4.41. The second kappa shape index (κ2) is 5.37. The van der Waals surface area contributed by atoms with E-state index in [0.29, 0.717) is 10.8 Å². The highest BCUT2D eigenvalue weighted by Crippen LogP contribution is 2.17. The topological polar surface area (TPSA) is 72.7 Å². The van der Waals surface area contributed by atoms with Gasteiger partial charge in [0, 0.05) is 28.7 Å². The summed E-state index contributed by atoms with van der Waals surface area (Å²) in [6, 6.07) is 1.78. The highest BCUT2D eigenvalue weighted by atomic mass is 79.9. The molecular formula is C9H10BrN5OS. The minimum atomic E-state index is -0.206. The molecule has 0 saturated heterocycles. The average Bonchev–Trinajstić information content (AvgIpc) is 2.88. The third-order valence-corrected chi connectivity index (χ3v) is 3.03. The molecule has 1 amide bonds. The van der Waals surface area contributed by atoms with Gasteiger partial charge >= 0.3 is 0 Å². The number of rotatable bonds is 4. The Bertz CT molecular complexity index is 509. The SMILES string of the molecule is CCCn1cc(Br)cc1C(=O)Nc1nnns1.